The van der Waals surface area contributed by atoms with E-state index < -0.39 is 0 Å². The molecule has 5 unspecified atom stereocenters. The fourth-order valence-electron chi connectivity index (χ4n) is 4.59. The fourth-order valence-corrected chi connectivity index (χ4v) is 4.59. The summed E-state index contributed by atoms with van der Waals surface area (Å²) in [6, 6.07) is 0. The normalized spacial score (nSPS) is 34.9. The smallest absolute Gasteiger partial charge is 0.0608 e. The molecule has 0 spiro atoms. The van der Waals surface area contributed by atoms with Crippen LogP contribution in [-0.4, -0.2) is 17.8 Å². The summed E-state index contributed by atoms with van der Waals surface area (Å²) >= 11 is 0. The van der Waals surface area contributed by atoms with Crippen LogP contribution in [0.5, 0.6) is 0 Å². The molecule has 0 heterocycles. The summed E-state index contributed by atoms with van der Waals surface area (Å²) in [6.07, 6.45) is 10.5. The van der Waals surface area contributed by atoms with Crippen LogP contribution in [0.1, 0.15) is 65.2 Å². The first-order chi connectivity index (χ1) is 9.11. The summed E-state index contributed by atoms with van der Waals surface area (Å²) in [5.74, 6) is 3.34. The van der Waals surface area contributed by atoms with Crippen LogP contribution in [0.2, 0.25) is 0 Å². The quantitative estimate of drug-likeness (QED) is 0.800. The van der Waals surface area contributed by atoms with E-state index in [-0.39, 0.29) is 6.10 Å². The second-order valence-electron chi connectivity index (χ2n) is 7.49. The average molecular weight is 267 g/mol. The van der Waals surface area contributed by atoms with E-state index in [1.165, 1.54) is 44.9 Å². The Kier molecular flexibility index (Phi) is 5.70. The number of fused-ring (bicyclic) bond motifs is 1. The number of aliphatic hydroxyl groups excluding tert-OH is 1. The van der Waals surface area contributed by atoms with Gasteiger partial charge in [0.05, 0.1) is 6.10 Å². The molecule has 5 atom stereocenters. The van der Waals surface area contributed by atoms with Crippen molar-refractivity contribution in [3.8, 4) is 0 Å². The monoisotopic (exact) mass is 267 g/mol. The van der Waals surface area contributed by atoms with Crippen molar-refractivity contribution in [2.75, 3.05) is 6.54 Å². The molecule has 0 amide bonds. The first kappa shape index (κ1) is 15.3. The number of rotatable bonds is 5. The van der Waals surface area contributed by atoms with Crippen molar-refractivity contribution < 1.29 is 5.11 Å². The third-order valence-electron chi connectivity index (χ3n) is 5.62. The van der Waals surface area contributed by atoms with Crippen molar-refractivity contribution in [3.05, 3.63) is 0 Å². The summed E-state index contributed by atoms with van der Waals surface area (Å²) in [6.45, 7) is 5.10. The Morgan fingerprint density at radius 3 is 2.37 bits per heavy atom. The van der Waals surface area contributed by atoms with Crippen molar-refractivity contribution in [3.63, 3.8) is 0 Å². The molecule has 2 heteroatoms. The summed E-state index contributed by atoms with van der Waals surface area (Å²) in [4.78, 5) is 0. The van der Waals surface area contributed by atoms with Gasteiger partial charge in [0.15, 0.2) is 0 Å². The van der Waals surface area contributed by atoms with Crippen molar-refractivity contribution in [1.29, 1.82) is 0 Å². The van der Waals surface area contributed by atoms with Gasteiger partial charge in [-0.15, -0.1) is 0 Å². The molecule has 0 aromatic heterocycles. The van der Waals surface area contributed by atoms with Crippen LogP contribution < -0.4 is 5.73 Å². The van der Waals surface area contributed by atoms with Crippen LogP contribution >= 0.6 is 0 Å². The molecule has 2 nitrogen and oxygen atoms in total. The van der Waals surface area contributed by atoms with Gasteiger partial charge >= 0.3 is 0 Å². The van der Waals surface area contributed by atoms with Gasteiger partial charge in [-0.2, -0.15) is 0 Å². The van der Waals surface area contributed by atoms with Gasteiger partial charge in [-0.25, -0.2) is 0 Å². The number of nitrogens with two attached hydrogens (primary N) is 1. The molecule has 2 aliphatic carbocycles. The third-order valence-corrected chi connectivity index (χ3v) is 5.62. The van der Waals surface area contributed by atoms with E-state index in [1.807, 2.05) is 0 Å². The standard InChI is InChI=1S/C17H33NO/c1-12(2)9-16(11-18)17(19)15-8-7-13-5-3-4-6-14(13)10-15/h12-17,19H,3-11,18H2,1-2H3. The molecule has 0 aromatic rings. The lowest BCUT2D eigenvalue weighted by atomic mass is 9.65. The predicted octanol–water partition coefficient (Wildman–Crippen LogP) is 3.57. The molecule has 0 aliphatic heterocycles. The van der Waals surface area contributed by atoms with E-state index >= 15 is 0 Å². The topological polar surface area (TPSA) is 46.2 Å². The minimum absolute atomic E-state index is 0.157. The predicted molar refractivity (Wildman–Crippen MR) is 80.8 cm³/mol. The molecule has 2 rings (SSSR count). The van der Waals surface area contributed by atoms with Gasteiger partial charge in [-0.3, -0.25) is 0 Å². The molecular formula is C17H33NO. The first-order valence-corrected chi connectivity index (χ1v) is 8.50. The highest BCUT2D eigenvalue weighted by Gasteiger charge is 2.37. The van der Waals surface area contributed by atoms with Crippen molar-refractivity contribution in [1.82, 2.24) is 0 Å². The van der Waals surface area contributed by atoms with Gasteiger partial charge in [-0.1, -0.05) is 39.5 Å². The van der Waals surface area contributed by atoms with Gasteiger partial charge in [0, 0.05) is 0 Å². The zero-order valence-electron chi connectivity index (χ0n) is 12.9. The highest BCUT2D eigenvalue weighted by molar-refractivity contribution is 4.88. The highest BCUT2D eigenvalue weighted by Crippen LogP contribution is 2.44. The third kappa shape index (κ3) is 3.95. The number of hydrogen-bond donors (Lipinski definition) is 2. The molecular weight excluding hydrogens is 234 g/mol. The lowest BCUT2D eigenvalue weighted by Gasteiger charge is -2.42. The average Bonchev–Trinajstić information content (AvgIpc) is 2.43. The highest BCUT2D eigenvalue weighted by atomic mass is 16.3. The molecule has 2 fully saturated rings. The van der Waals surface area contributed by atoms with E-state index in [0.717, 1.165) is 18.3 Å². The Labute approximate surface area is 119 Å². The van der Waals surface area contributed by atoms with Gasteiger partial charge in [0.2, 0.25) is 0 Å². The molecule has 19 heavy (non-hydrogen) atoms. The van der Waals surface area contributed by atoms with E-state index in [1.54, 1.807) is 0 Å². The molecule has 0 bridgehead atoms. The number of hydrogen-bond acceptors (Lipinski definition) is 2. The van der Waals surface area contributed by atoms with Crippen molar-refractivity contribution in [2.24, 2.45) is 35.3 Å². The second kappa shape index (κ2) is 7.08. The Balaban J connectivity index is 1.89. The summed E-state index contributed by atoms with van der Waals surface area (Å²) < 4.78 is 0. The minimum atomic E-state index is -0.157. The van der Waals surface area contributed by atoms with E-state index in [9.17, 15) is 5.11 Å². The zero-order valence-corrected chi connectivity index (χ0v) is 12.9. The maximum absolute atomic E-state index is 10.7. The Hall–Kier alpha value is -0.0800. The minimum Gasteiger partial charge on any atom is -0.393 e. The Bertz CT molecular complexity index is 266. The van der Waals surface area contributed by atoms with E-state index in [2.05, 4.69) is 13.8 Å². The second-order valence-corrected chi connectivity index (χ2v) is 7.49. The van der Waals surface area contributed by atoms with Crippen molar-refractivity contribution >= 4 is 0 Å². The van der Waals surface area contributed by atoms with Crippen LogP contribution in [0.25, 0.3) is 0 Å². The van der Waals surface area contributed by atoms with Crippen LogP contribution in [-0.2, 0) is 0 Å². The van der Waals surface area contributed by atoms with Crippen LogP contribution in [0.4, 0.5) is 0 Å². The maximum atomic E-state index is 10.7. The summed E-state index contributed by atoms with van der Waals surface area (Å²) in [7, 11) is 0. The molecule has 0 radical (unpaired) electrons. The Morgan fingerprint density at radius 1 is 1.05 bits per heavy atom. The van der Waals surface area contributed by atoms with E-state index in [0.29, 0.717) is 24.3 Å². The first-order valence-electron chi connectivity index (χ1n) is 8.50. The van der Waals surface area contributed by atoms with Crippen molar-refractivity contribution in [2.45, 2.75) is 71.3 Å². The largest absolute Gasteiger partial charge is 0.393 e. The Morgan fingerprint density at radius 2 is 1.74 bits per heavy atom. The van der Waals surface area contributed by atoms with Gasteiger partial charge in [0.25, 0.3) is 0 Å². The lowest BCUT2D eigenvalue weighted by molar-refractivity contribution is -0.00218. The van der Waals surface area contributed by atoms with Crippen LogP contribution in [0.3, 0.4) is 0 Å². The van der Waals surface area contributed by atoms with Gasteiger partial charge < -0.3 is 10.8 Å². The summed E-state index contributed by atoms with van der Waals surface area (Å²) in [5.41, 5.74) is 5.90. The van der Waals surface area contributed by atoms with Gasteiger partial charge in [-0.05, 0) is 61.8 Å². The zero-order chi connectivity index (χ0) is 13.8. The van der Waals surface area contributed by atoms with Crippen LogP contribution in [0, 0.1) is 29.6 Å². The molecule has 3 N–H and O–H groups in total. The van der Waals surface area contributed by atoms with E-state index in [4.69, 9.17) is 5.73 Å². The fraction of sp³-hybridized carbons (Fsp3) is 1.00. The van der Waals surface area contributed by atoms with Gasteiger partial charge in [0.1, 0.15) is 0 Å². The number of aliphatic hydroxyl groups is 1. The molecule has 112 valence electrons. The maximum Gasteiger partial charge on any atom is 0.0608 e. The molecule has 2 saturated carbocycles. The SMILES string of the molecule is CC(C)CC(CN)C(O)C1CCC2CCCCC2C1. The molecule has 0 aromatic carbocycles. The molecule has 2 aliphatic rings. The van der Waals surface area contributed by atoms with Crippen LogP contribution in [0.15, 0.2) is 0 Å². The summed E-state index contributed by atoms with van der Waals surface area (Å²) in [5, 5.41) is 10.7. The lowest BCUT2D eigenvalue weighted by Crippen LogP contribution is -2.39. The molecule has 0 saturated heterocycles.